The molecule has 0 aromatic heterocycles. The summed E-state index contributed by atoms with van der Waals surface area (Å²) in [6.07, 6.45) is 0.735. The van der Waals surface area contributed by atoms with Crippen molar-refractivity contribution in [2.45, 2.75) is 20.3 Å². The van der Waals surface area contributed by atoms with Gasteiger partial charge in [-0.2, -0.15) is 0 Å². The predicted octanol–water partition coefficient (Wildman–Crippen LogP) is 2.99. The molecule has 0 heterocycles. The topological polar surface area (TPSA) is 58.2 Å². The summed E-state index contributed by atoms with van der Waals surface area (Å²) in [5.74, 6) is -0.399. The van der Waals surface area contributed by atoms with Crippen LogP contribution in [0.1, 0.15) is 27.0 Å². The van der Waals surface area contributed by atoms with E-state index in [9.17, 15) is 9.59 Å². The minimum absolute atomic E-state index is 0.399. The van der Waals surface area contributed by atoms with Gasteiger partial charge in [-0.3, -0.25) is 10.1 Å². The van der Waals surface area contributed by atoms with Crippen LogP contribution in [0.5, 0.6) is 0 Å². The first-order valence-corrected chi connectivity index (χ1v) is 7.26. The molecule has 0 unspecified atom stereocenters. The number of imide groups is 1. The molecule has 0 saturated heterocycles. The molecule has 0 spiro atoms. The van der Waals surface area contributed by atoms with Gasteiger partial charge in [0.15, 0.2) is 0 Å². The van der Waals surface area contributed by atoms with Gasteiger partial charge in [-0.1, -0.05) is 42.0 Å². The van der Waals surface area contributed by atoms with Crippen molar-refractivity contribution in [3.8, 4) is 0 Å². The summed E-state index contributed by atoms with van der Waals surface area (Å²) in [6, 6.07) is 14.4. The fourth-order valence-corrected chi connectivity index (χ4v) is 2.25. The standard InChI is InChI=1S/C18H20N2O2/c1-13-8-9-15(14(2)12-13)10-11-19-18(22)20-17(21)16-6-4-3-5-7-16/h3-9,12H,10-11H2,1-2H3,(H2,19,20,21,22). The molecule has 0 aliphatic heterocycles. The lowest BCUT2D eigenvalue weighted by Crippen LogP contribution is -2.40. The first kappa shape index (κ1) is 15.8. The Morgan fingerprint density at radius 1 is 1.00 bits per heavy atom. The molecule has 0 fully saturated rings. The van der Waals surface area contributed by atoms with Crippen molar-refractivity contribution >= 4 is 11.9 Å². The number of aryl methyl sites for hydroxylation is 2. The average molecular weight is 296 g/mol. The third-order valence-corrected chi connectivity index (χ3v) is 3.44. The highest BCUT2D eigenvalue weighted by Gasteiger charge is 2.09. The molecule has 114 valence electrons. The van der Waals surface area contributed by atoms with Crippen molar-refractivity contribution in [1.29, 1.82) is 0 Å². The van der Waals surface area contributed by atoms with E-state index < -0.39 is 11.9 Å². The van der Waals surface area contributed by atoms with Gasteiger partial charge >= 0.3 is 6.03 Å². The molecule has 2 aromatic rings. The van der Waals surface area contributed by atoms with Gasteiger partial charge in [0.25, 0.3) is 5.91 Å². The Morgan fingerprint density at radius 2 is 1.73 bits per heavy atom. The van der Waals surface area contributed by atoms with Crippen LogP contribution >= 0.6 is 0 Å². The van der Waals surface area contributed by atoms with E-state index in [1.807, 2.05) is 6.07 Å². The molecule has 2 aromatic carbocycles. The molecule has 22 heavy (non-hydrogen) atoms. The third-order valence-electron chi connectivity index (χ3n) is 3.44. The second-order valence-corrected chi connectivity index (χ2v) is 5.26. The first-order valence-electron chi connectivity index (χ1n) is 7.26. The van der Waals surface area contributed by atoms with E-state index in [0.29, 0.717) is 12.1 Å². The Labute approximate surface area is 130 Å². The summed E-state index contributed by atoms with van der Waals surface area (Å²) >= 11 is 0. The lowest BCUT2D eigenvalue weighted by Gasteiger charge is -2.09. The average Bonchev–Trinajstić information content (AvgIpc) is 2.50. The van der Waals surface area contributed by atoms with E-state index in [-0.39, 0.29) is 0 Å². The minimum Gasteiger partial charge on any atom is -0.337 e. The van der Waals surface area contributed by atoms with Crippen LogP contribution in [0.3, 0.4) is 0 Å². The normalized spacial score (nSPS) is 10.1. The number of hydrogen-bond acceptors (Lipinski definition) is 2. The maximum absolute atomic E-state index is 11.8. The highest BCUT2D eigenvalue weighted by molar-refractivity contribution is 6.04. The Kier molecular flexibility index (Phi) is 5.31. The molecule has 4 nitrogen and oxygen atoms in total. The SMILES string of the molecule is Cc1ccc(CCNC(=O)NC(=O)c2ccccc2)c(C)c1. The monoisotopic (exact) mass is 296 g/mol. The highest BCUT2D eigenvalue weighted by Crippen LogP contribution is 2.10. The number of benzene rings is 2. The number of amides is 3. The van der Waals surface area contributed by atoms with Crippen LogP contribution in [0.15, 0.2) is 48.5 Å². The van der Waals surface area contributed by atoms with E-state index in [0.717, 1.165) is 6.42 Å². The van der Waals surface area contributed by atoms with Crippen LogP contribution in [0.4, 0.5) is 4.79 Å². The summed E-state index contributed by atoms with van der Waals surface area (Å²) in [6.45, 7) is 4.59. The van der Waals surface area contributed by atoms with Gasteiger partial charge in [0, 0.05) is 12.1 Å². The maximum Gasteiger partial charge on any atom is 0.321 e. The molecule has 0 aliphatic carbocycles. The molecule has 0 atom stereocenters. The number of carbonyl (C=O) groups excluding carboxylic acids is 2. The van der Waals surface area contributed by atoms with E-state index in [1.165, 1.54) is 16.7 Å². The number of nitrogens with one attached hydrogen (secondary N) is 2. The Bertz CT molecular complexity index is 666. The van der Waals surface area contributed by atoms with Crippen LogP contribution in [0, 0.1) is 13.8 Å². The molecule has 0 bridgehead atoms. The van der Waals surface area contributed by atoms with Crippen molar-refractivity contribution in [1.82, 2.24) is 10.6 Å². The quantitative estimate of drug-likeness (QED) is 0.911. The second kappa shape index (κ2) is 7.41. The van der Waals surface area contributed by atoms with Crippen LogP contribution in [0.2, 0.25) is 0 Å². The number of hydrogen-bond donors (Lipinski definition) is 2. The van der Waals surface area contributed by atoms with Crippen LogP contribution in [0.25, 0.3) is 0 Å². The Balaban J connectivity index is 1.79. The number of urea groups is 1. The van der Waals surface area contributed by atoms with Gasteiger partial charge < -0.3 is 5.32 Å². The summed E-state index contributed by atoms with van der Waals surface area (Å²) in [4.78, 5) is 23.5. The molecule has 2 N–H and O–H groups in total. The van der Waals surface area contributed by atoms with Crippen LogP contribution in [-0.4, -0.2) is 18.5 Å². The van der Waals surface area contributed by atoms with Crippen LogP contribution in [-0.2, 0) is 6.42 Å². The van der Waals surface area contributed by atoms with Gasteiger partial charge in [0.2, 0.25) is 0 Å². The molecule has 0 saturated carbocycles. The van der Waals surface area contributed by atoms with Crippen molar-refractivity contribution in [3.63, 3.8) is 0 Å². The molecular formula is C18H20N2O2. The smallest absolute Gasteiger partial charge is 0.321 e. The summed E-state index contributed by atoms with van der Waals surface area (Å²) in [5.41, 5.74) is 4.09. The second-order valence-electron chi connectivity index (χ2n) is 5.26. The van der Waals surface area contributed by atoms with E-state index in [4.69, 9.17) is 0 Å². The van der Waals surface area contributed by atoms with E-state index in [1.54, 1.807) is 24.3 Å². The molecular weight excluding hydrogens is 276 g/mol. The van der Waals surface area contributed by atoms with Crippen molar-refractivity contribution in [2.75, 3.05) is 6.54 Å². The number of rotatable bonds is 4. The molecule has 2 rings (SSSR count). The van der Waals surface area contributed by atoms with Gasteiger partial charge in [-0.25, -0.2) is 4.79 Å². The molecule has 3 amide bonds. The fourth-order valence-electron chi connectivity index (χ4n) is 2.25. The van der Waals surface area contributed by atoms with Gasteiger partial charge in [-0.05, 0) is 43.5 Å². The molecule has 0 radical (unpaired) electrons. The van der Waals surface area contributed by atoms with Crippen molar-refractivity contribution in [2.24, 2.45) is 0 Å². The molecule has 0 aliphatic rings. The number of carbonyl (C=O) groups is 2. The summed E-state index contributed by atoms with van der Waals surface area (Å²) in [7, 11) is 0. The van der Waals surface area contributed by atoms with Crippen molar-refractivity contribution < 1.29 is 9.59 Å². The van der Waals surface area contributed by atoms with E-state index >= 15 is 0 Å². The minimum atomic E-state index is -0.474. The van der Waals surface area contributed by atoms with E-state index in [2.05, 4.69) is 42.7 Å². The summed E-state index contributed by atoms with van der Waals surface area (Å²) in [5, 5.41) is 5.02. The summed E-state index contributed by atoms with van der Waals surface area (Å²) < 4.78 is 0. The first-order chi connectivity index (χ1) is 10.6. The third kappa shape index (κ3) is 4.45. The lowest BCUT2D eigenvalue weighted by atomic mass is 10.0. The maximum atomic E-state index is 11.8. The van der Waals surface area contributed by atoms with Crippen molar-refractivity contribution in [3.05, 3.63) is 70.8 Å². The highest BCUT2D eigenvalue weighted by atomic mass is 16.2. The molecule has 4 heteroatoms. The Morgan fingerprint density at radius 3 is 2.41 bits per heavy atom. The zero-order valence-corrected chi connectivity index (χ0v) is 12.8. The van der Waals surface area contributed by atoms with Gasteiger partial charge in [0.1, 0.15) is 0 Å². The Hall–Kier alpha value is -2.62. The lowest BCUT2D eigenvalue weighted by molar-refractivity contribution is 0.0964. The van der Waals surface area contributed by atoms with Gasteiger partial charge in [0.05, 0.1) is 0 Å². The predicted molar refractivity (Wildman–Crippen MR) is 86.9 cm³/mol. The fraction of sp³-hybridized carbons (Fsp3) is 0.222. The zero-order chi connectivity index (χ0) is 15.9. The van der Waals surface area contributed by atoms with Crippen LogP contribution < -0.4 is 10.6 Å². The van der Waals surface area contributed by atoms with Gasteiger partial charge in [-0.15, -0.1) is 0 Å². The largest absolute Gasteiger partial charge is 0.337 e. The zero-order valence-electron chi connectivity index (χ0n) is 12.8.